The molecule has 22 heavy (non-hydrogen) atoms. The second kappa shape index (κ2) is 8.86. The van der Waals surface area contributed by atoms with E-state index < -0.39 is 0 Å². The number of anilines is 1. The fraction of sp³-hybridized carbons (Fsp3) is 0.368. The van der Waals surface area contributed by atoms with Gasteiger partial charge < -0.3 is 10.1 Å². The van der Waals surface area contributed by atoms with Crippen LogP contribution >= 0.6 is 11.8 Å². The van der Waals surface area contributed by atoms with E-state index in [0.717, 1.165) is 19.6 Å². The third-order valence-corrected chi connectivity index (χ3v) is 4.24. The lowest BCUT2D eigenvalue weighted by Gasteiger charge is -2.15. The van der Waals surface area contributed by atoms with Gasteiger partial charge in [0.15, 0.2) is 0 Å². The zero-order chi connectivity index (χ0) is 15.8. The summed E-state index contributed by atoms with van der Waals surface area (Å²) < 4.78 is 5.58. The third-order valence-electron chi connectivity index (χ3n) is 3.39. The van der Waals surface area contributed by atoms with E-state index in [2.05, 4.69) is 74.0 Å². The number of hydrogen-bond donors (Lipinski definition) is 1. The van der Waals surface area contributed by atoms with E-state index in [1.807, 2.05) is 0 Å². The van der Waals surface area contributed by atoms with Gasteiger partial charge in [-0.2, -0.15) is 0 Å². The number of hydrogen-bond acceptors (Lipinski definition) is 3. The van der Waals surface area contributed by atoms with E-state index in [1.54, 1.807) is 11.8 Å². The fourth-order valence-electron chi connectivity index (χ4n) is 2.36. The quantitative estimate of drug-likeness (QED) is 0.527. The number of ether oxygens (including phenoxy) is 1. The summed E-state index contributed by atoms with van der Waals surface area (Å²) in [6, 6.07) is 17.0. The molecule has 0 bridgehead atoms. The molecule has 0 aromatic heterocycles. The monoisotopic (exact) mass is 315 g/mol. The van der Waals surface area contributed by atoms with Crippen molar-refractivity contribution in [3.8, 4) is 11.1 Å². The molecule has 2 rings (SSSR count). The third kappa shape index (κ3) is 4.79. The standard InChI is InChI=1S/C19H25NOS/c1-15(2)21-14-8-13-20-18-12-7-11-17(19(18)22-3)16-9-5-4-6-10-16/h4-7,9-12,15,20H,8,13-14H2,1-3H3. The molecule has 0 fully saturated rings. The van der Waals surface area contributed by atoms with Crippen LogP contribution in [0.4, 0.5) is 5.69 Å². The molecule has 0 spiro atoms. The van der Waals surface area contributed by atoms with Crippen LogP contribution in [0.1, 0.15) is 20.3 Å². The summed E-state index contributed by atoms with van der Waals surface area (Å²) in [5, 5.41) is 3.55. The van der Waals surface area contributed by atoms with Crippen molar-refractivity contribution in [3.63, 3.8) is 0 Å². The number of nitrogens with one attached hydrogen (secondary N) is 1. The van der Waals surface area contributed by atoms with Crippen molar-refractivity contribution in [2.45, 2.75) is 31.3 Å². The summed E-state index contributed by atoms with van der Waals surface area (Å²) in [5.41, 5.74) is 3.76. The molecule has 0 saturated carbocycles. The Labute approximate surface area is 138 Å². The highest BCUT2D eigenvalue weighted by atomic mass is 32.2. The zero-order valence-electron chi connectivity index (χ0n) is 13.6. The Balaban J connectivity index is 2.06. The Bertz CT molecular complexity index is 569. The van der Waals surface area contributed by atoms with E-state index in [4.69, 9.17) is 4.74 Å². The minimum Gasteiger partial charge on any atom is -0.384 e. The Morgan fingerprint density at radius 1 is 1.05 bits per heavy atom. The van der Waals surface area contributed by atoms with Gasteiger partial charge in [0, 0.05) is 23.7 Å². The average molecular weight is 315 g/mol. The van der Waals surface area contributed by atoms with E-state index in [0.29, 0.717) is 6.10 Å². The van der Waals surface area contributed by atoms with Gasteiger partial charge in [0.05, 0.1) is 6.10 Å². The van der Waals surface area contributed by atoms with Gasteiger partial charge in [0.25, 0.3) is 0 Å². The fourth-order valence-corrected chi connectivity index (χ4v) is 3.12. The van der Waals surface area contributed by atoms with Crippen LogP contribution in [-0.4, -0.2) is 25.5 Å². The molecule has 118 valence electrons. The van der Waals surface area contributed by atoms with E-state index in [-0.39, 0.29) is 0 Å². The van der Waals surface area contributed by atoms with Crippen molar-refractivity contribution < 1.29 is 4.74 Å². The van der Waals surface area contributed by atoms with Gasteiger partial charge >= 0.3 is 0 Å². The summed E-state index contributed by atoms with van der Waals surface area (Å²) in [7, 11) is 0. The van der Waals surface area contributed by atoms with Crippen LogP contribution in [0.2, 0.25) is 0 Å². The molecule has 0 atom stereocenters. The zero-order valence-corrected chi connectivity index (χ0v) is 14.5. The Morgan fingerprint density at radius 3 is 2.50 bits per heavy atom. The molecule has 3 heteroatoms. The van der Waals surface area contributed by atoms with Crippen LogP contribution in [-0.2, 0) is 4.74 Å². The largest absolute Gasteiger partial charge is 0.384 e. The van der Waals surface area contributed by atoms with Gasteiger partial charge in [-0.3, -0.25) is 0 Å². The van der Waals surface area contributed by atoms with Crippen molar-refractivity contribution in [2.75, 3.05) is 24.7 Å². The van der Waals surface area contributed by atoms with Crippen LogP contribution in [0.3, 0.4) is 0 Å². The second-order valence-corrected chi connectivity index (χ2v) is 6.27. The first-order chi connectivity index (χ1) is 10.7. The van der Waals surface area contributed by atoms with Gasteiger partial charge in [0.1, 0.15) is 0 Å². The Hall–Kier alpha value is -1.45. The normalized spacial score (nSPS) is 10.9. The molecule has 2 aromatic rings. The molecule has 2 nitrogen and oxygen atoms in total. The van der Waals surface area contributed by atoms with Gasteiger partial charge in [-0.25, -0.2) is 0 Å². The molecular weight excluding hydrogens is 290 g/mol. The summed E-state index contributed by atoms with van der Waals surface area (Å²) in [5.74, 6) is 0. The van der Waals surface area contributed by atoms with E-state index >= 15 is 0 Å². The smallest absolute Gasteiger partial charge is 0.0518 e. The predicted molar refractivity (Wildman–Crippen MR) is 97.9 cm³/mol. The minimum absolute atomic E-state index is 0.308. The molecule has 1 N–H and O–H groups in total. The predicted octanol–water partition coefficient (Wildman–Crippen LogP) is 5.30. The highest BCUT2D eigenvalue weighted by molar-refractivity contribution is 7.98. The highest BCUT2D eigenvalue weighted by Gasteiger charge is 2.08. The summed E-state index contributed by atoms with van der Waals surface area (Å²) in [4.78, 5) is 1.30. The molecule has 0 saturated heterocycles. The van der Waals surface area contributed by atoms with Gasteiger partial charge in [-0.05, 0) is 43.7 Å². The van der Waals surface area contributed by atoms with Gasteiger partial charge in [-0.15, -0.1) is 11.8 Å². The second-order valence-electron chi connectivity index (χ2n) is 5.45. The highest BCUT2D eigenvalue weighted by Crippen LogP contribution is 2.35. The number of benzene rings is 2. The summed E-state index contributed by atoms with van der Waals surface area (Å²) in [6.07, 6.45) is 3.46. The van der Waals surface area contributed by atoms with Crippen LogP contribution in [0.5, 0.6) is 0 Å². The molecule has 0 aliphatic heterocycles. The average Bonchev–Trinajstić information content (AvgIpc) is 2.54. The Morgan fingerprint density at radius 2 is 1.82 bits per heavy atom. The molecule has 0 aliphatic rings. The minimum atomic E-state index is 0.308. The van der Waals surface area contributed by atoms with Crippen molar-refractivity contribution in [1.29, 1.82) is 0 Å². The van der Waals surface area contributed by atoms with Crippen molar-refractivity contribution in [1.82, 2.24) is 0 Å². The molecule has 0 radical (unpaired) electrons. The summed E-state index contributed by atoms with van der Waals surface area (Å²) in [6.45, 7) is 5.88. The first-order valence-electron chi connectivity index (χ1n) is 7.80. The first-order valence-corrected chi connectivity index (χ1v) is 9.02. The van der Waals surface area contributed by atoms with E-state index in [9.17, 15) is 0 Å². The van der Waals surface area contributed by atoms with Crippen molar-refractivity contribution in [2.24, 2.45) is 0 Å². The lowest BCUT2D eigenvalue weighted by molar-refractivity contribution is 0.0787. The van der Waals surface area contributed by atoms with Crippen molar-refractivity contribution in [3.05, 3.63) is 48.5 Å². The maximum absolute atomic E-state index is 5.58. The summed E-state index contributed by atoms with van der Waals surface area (Å²) >= 11 is 1.79. The topological polar surface area (TPSA) is 21.3 Å². The van der Waals surface area contributed by atoms with E-state index in [1.165, 1.54) is 21.7 Å². The molecule has 0 amide bonds. The van der Waals surface area contributed by atoms with Crippen molar-refractivity contribution >= 4 is 17.4 Å². The molecule has 0 heterocycles. The van der Waals surface area contributed by atoms with Gasteiger partial charge in [0.2, 0.25) is 0 Å². The molecule has 2 aromatic carbocycles. The number of thioether (sulfide) groups is 1. The SMILES string of the molecule is CSc1c(NCCCOC(C)C)cccc1-c1ccccc1. The van der Waals surface area contributed by atoms with Crippen LogP contribution in [0.25, 0.3) is 11.1 Å². The lowest BCUT2D eigenvalue weighted by atomic mass is 10.1. The molecular formula is C19H25NOS. The molecule has 0 unspecified atom stereocenters. The van der Waals surface area contributed by atoms with Crippen LogP contribution < -0.4 is 5.32 Å². The van der Waals surface area contributed by atoms with Gasteiger partial charge in [-0.1, -0.05) is 42.5 Å². The Kier molecular flexibility index (Phi) is 6.81. The lowest BCUT2D eigenvalue weighted by Crippen LogP contribution is -2.09. The molecule has 0 aliphatic carbocycles. The first kappa shape index (κ1) is 16.9. The maximum atomic E-state index is 5.58. The van der Waals surface area contributed by atoms with Crippen LogP contribution in [0.15, 0.2) is 53.4 Å². The van der Waals surface area contributed by atoms with Crippen LogP contribution in [0, 0.1) is 0 Å². The maximum Gasteiger partial charge on any atom is 0.0518 e. The number of rotatable bonds is 8.